The molecule has 0 atom stereocenters. The number of thiazole rings is 1. The maximum absolute atomic E-state index is 12.3. The number of hydrogen-bond donors (Lipinski definition) is 2. The van der Waals surface area contributed by atoms with Gasteiger partial charge in [0.15, 0.2) is 5.13 Å². The van der Waals surface area contributed by atoms with Crippen LogP contribution in [0.2, 0.25) is 0 Å². The molecule has 0 unspecified atom stereocenters. The third-order valence-corrected chi connectivity index (χ3v) is 3.97. The molecule has 0 aliphatic heterocycles. The number of benzene rings is 1. The third kappa shape index (κ3) is 3.94. The van der Waals surface area contributed by atoms with E-state index in [0.29, 0.717) is 16.8 Å². The Balaban J connectivity index is 1.71. The Labute approximate surface area is 144 Å². The van der Waals surface area contributed by atoms with Crippen molar-refractivity contribution in [2.24, 2.45) is 0 Å². The quantitative estimate of drug-likeness (QED) is 0.754. The van der Waals surface area contributed by atoms with Crippen molar-refractivity contribution >= 4 is 34.0 Å². The molecule has 1 amide bonds. The molecule has 122 valence electrons. The number of nitrogens with one attached hydrogen (secondary N) is 2. The minimum absolute atomic E-state index is 0.244. The Bertz CT molecular complexity index is 870. The number of aryl methyl sites for hydroxylation is 3. The molecule has 0 fully saturated rings. The lowest BCUT2D eigenvalue weighted by molar-refractivity contribution is 0.102. The molecule has 0 radical (unpaired) electrons. The van der Waals surface area contributed by atoms with E-state index >= 15 is 0 Å². The molecule has 0 aliphatic carbocycles. The van der Waals surface area contributed by atoms with Gasteiger partial charge in [-0.25, -0.2) is 15.0 Å². The molecule has 6 nitrogen and oxygen atoms in total. The van der Waals surface area contributed by atoms with Crippen LogP contribution in [0.4, 0.5) is 16.8 Å². The lowest BCUT2D eigenvalue weighted by Gasteiger charge is -2.04. The zero-order chi connectivity index (χ0) is 17.1. The molecule has 0 spiro atoms. The summed E-state index contributed by atoms with van der Waals surface area (Å²) in [7, 11) is 0. The van der Waals surface area contributed by atoms with Crippen molar-refractivity contribution in [1.29, 1.82) is 0 Å². The van der Waals surface area contributed by atoms with Gasteiger partial charge < -0.3 is 10.6 Å². The van der Waals surface area contributed by atoms with Crippen LogP contribution in [0.15, 0.2) is 35.7 Å². The van der Waals surface area contributed by atoms with Gasteiger partial charge in [-0.2, -0.15) is 0 Å². The number of nitrogens with zero attached hydrogens (tertiary/aromatic N) is 3. The van der Waals surface area contributed by atoms with E-state index in [0.717, 1.165) is 22.6 Å². The average molecular weight is 339 g/mol. The largest absolute Gasteiger partial charge is 0.321 e. The maximum Gasteiger partial charge on any atom is 0.275 e. The number of hydrogen-bond acceptors (Lipinski definition) is 6. The van der Waals surface area contributed by atoms with Crippen LogP contribution >= 0.6 is 11.3 Å². The van der Waals surface area contributed by atoms with Gasteiger partial charge in [-0.3, -0.25) is 4.79 Å². The van der Waals surface area contributed by atoms with Crippen LogP contribution < -0.4 is 10.6 Å². The fraction of sp³-hybridized carbons (Fsp3) is 0.176. The van der Waals surface area contributed by atoms with Crippen LogP contribution in [0.5, 0.6) is 0 Å². The van der Waals surface area contributed by atoms with Gasteiger partial charge in [0.2, 0.25) is 5.95 Å². The predicted molar refractivity (Wildman–Crippen MR) is 96.0 cm³/mol. The second-order valence-electron chi connectivity index (χ2n) is 5.46. The normalized spacial score (nSPS) is 10.5. The van der Waals surface area contributed by atoms with Crippen LogP contribution in [0.3, 0.4) is 0 Å². The summed E-state index contributed by atoms with van der Waals surface area (Å²) in [5, 5.41) is 8.16. The second kappa shape index (κ2) is 6.76. The molecule has 0 aliphatic rings. The van der Waals surface area contributed by atoms with E-state index in [4.69, 9.17) is 0 Å². The van der Waals surface area contributed by atoms with Crippen LogP contribution in [0.25, 0.3) is 0 Å². The van der Waals surface area contributed by atoms with Crippen molar-refractivity contribution in [1.82, 2.24) is 15.0 Å². The molecular formula is C17H17N5OS. The summed E-state index contributed by atoms with van der Waals surface area (Å²) < 4.78 is 0. The third-order valence-electron chi connectivity index (χ3n) is 3.21. The van der Waals surface area contributed by atoms with Crippen LogP contribution in [0.1, 0.15) is 27.4 Å². The summed E-state index contributed by atoms with van der Waals surface area (Å²) in [6.07, 6.45) is 0. The number of amides is 1. The van der Waals surface area contributed by atoms with Gasteiger partial charge in [0.25, 0.3) is 5.91 Å². The first-order valence-electron chi connectivity index (χ1n) is 7.42. The molecule has 2 aromatic heterocycles. The summed E-state index contributed by atoms with van der Waals surface area (Å²) in [5.74, 6) is 0.235. The highest BCUT2D eigenvalue weighted by atomic mass is 32.1. The van der Waals surface area contributed by atoms with Gasteiger partial charge in [-0.1, -0.05) is 12.1 Å². The molecule has 1 aromatic carbocycles. The van der Waals surface area contributed by atoms with Crippen molar-refractivity contribution in [3.8, 4) is 0 Å². The summed E-state index contributed by atoms with van der Waals surface area (Å²) in [5.41, 5.74) is 3.94. The van der Waals surface area contributed by atoms with Gasteiger partial charge in [0.05, 0.1) is 0 Å². The molecule has 3 rings (SSSR count). The number of carbonyl (C=O) groups excluding carboxylic acids is 1. The van der Waals surface area contributed by atoms with Crippen LogP contribution in [-0.4, -0.2) is 20.9 Å². The minimum Gasteiger partial charge on any atom is -0.321 e. The van der Waals surface area contributed by atoms with Gasteiger partial charge in [-0.05, 0) is 44.5 Å². The zero-order valence-corrected chi connectivity index (χ0v) is 14.4. The number of aromatic nitrogens is 3. The standard InChI is InChI=1S/C17H17N5OS/c1-10-5-4-6-13(7-10)20-15(23)14-9-24-17(21-14)22-16-18-11(2)8-12(3)19-16/h4-9H,1-3H3,(H,20,23)(H,18,19,21,22). The summed E-state index contributed by atoms with van der Waals surface area (Å²) in [4.78, 5) is 25.2. The summed E-state index contributed by atoms with van der Waals surface area (Å²) >= 11 is 1.34. The number of rotatable bonds is 4. The van der Waals surface area contributed by atoms with Gasteiger partial charge in [0.1, 0.15) is 5.69 Å². The van der Waals surface area contributed by atoms with E-state index in [1.807, 2.05) is 51.1 Å². The lowest BCUT2D eigenvalue weighted by atomic mass is 10.2. The molecule has 2 heterocycles. The SMILES string of the molecule is Cc1cccc(NC(=O)c2csc(Nc3nc(C)cc(C)n3)n2)c1. The van der Waals surface area contributed by atoms with E-state index < -0.39 is 0 Å². The number of carbonyl (C=O) groups is 1. The molecule has 24 heavy (non-hydrogen) atoms. The molecule has 0 saturated heterocycles. The monoisotopic (exact) mass is 339 g/mol. The molecular weight excluding hydrogens is 322 g/mol. The van der Waals surface area contributed by atoms with Crippen molar-refractivity contribution < 1.29 is 4.79 Å². The van der Waals surface area contributed by atoms with Gasteiger partial charge in [0, 0.05) is 22.5 Å². The molecule has 2 N–H and O–H groups in total. The summed E-state index contributed by atoms with van der Waals surface area (Å²) in [6.45, 7) is 5.79. The Morgan fingerprint density at radius 2 is 1.79 bits per heavy atom. The second-order valence-corrected chi connectivity index (χ2v) is 6.32. The van der Waals surface area contributed by atoms with Crippen molar-refractivity contribution in [3.05, 3.63) is 58.4 Å². The lowest BCUT2D eigenvalue weighted by Crippen LogP contribution is -2.12. The van der Waals surface area contributed by atoms with Crippen LogP contribution in [-0.2, 0) is 0 Å². The van der Waals surface area contributed by atoms with E-state index in [-0.39, 0.29) is 5.91 Å². The molecule has 0 bridgehead atoms. The van der Waals surface area contributed by atoms with Crippen LogP contribution in [0, 0.1) is 20.8 Å². The van der Waals surface area contributed by atoms with Gasteiger partial charge in [-0.15, -0.1) is 11.3 Å². The van der Waals surface area contributed by atoms with E-state index in [2.05, 4.69) is 25.6 Å². The van der Waals surface area contributed by atoms with Crippen molar-refractivity contribution in [2.45, 2.75) is 20.8 Å². The van der Waals surface area contributed by atoms with Gasteiger partial charge >= 0.3 is 0 Å². The van der Waals surface area contributed by atoms with E-state index in [1.165, 1.54) is 11.3 Å². The first-order chi connectivity index (χ1) is 11.5. The topological polar surface area (TPSA) is 79.8 Å². The van der Waals surface area contributed by atoms with Crippen molar-refractivity contribution in [3.63, 3.8) is 0 Å². The first kappa shape index (κ1) is 16.1. The Kier molecular flexibility index (Phi) is 4.52. The van der Waals surface area contributed by atoms with Crippen molar-refractivity contribution in [2.75, 3.05) is 10.6 Å². The predicted octanol–water partition coefficient (Wildman–Crippen LogP) is 3.85. The fourth-order valence-corrected chi connectivity index (χ4v) is 2.92. The Morgan fingerprint density at radius 1 is 1.04 bits per heavy atom. The highest BCUT2D eigenvalue weighted by Gasteiger charge is 2.12. The summed E-state index contributed by atoms with van der Waals surface area (Å²) in [6, 6.07) is 9.53. The smallest absolute Gasteiger partial charge is 0.275 e. The minimum atomic E-state index is -0.244. The highest BCUT2D eigenvalue weighted by molar-refractivity contribution is 7.14. The maximum atomic E-state index is 12.3. The first-order valence-corrected chi connectivity index (χ1v) is 8.30. The number of anilines is 3. The average Bonchev–Trinajstić information content (AvgIpc) is 2.94. The van der Waals surface area contributed by atoms with E-state index in [1.54, 1.807) is 5.38 Å². The molecule has 0 saturated carbocycles. The molecule has 7 heteroatoms. The zero-order valence-electron chi connectivity index (χ0n) is 13.6. The molecule has 3 aromatic rings. The van der Waals surface area contributed by atoms with E-state index in [9.17, 15) is 4.79 Å². The fourth-order valence-electron chi connectivity index (χ4n) is 2.23. The Hall–Kier alpha value is -2.80. The Morgan fingerprint density at radius 3 is 2.50 bits per heavy atom. The highest BCUT2D eigenvalue weighted by Crippen LogP contribution is 2.20.